The summed E-state index contributed by atoms with van der Waals surface area (Å²) < 4.78 is 29.9. The number of ketones is 1. The lowest BCUT2D eigenvalue weighted by Crippen LogP contribution is -2.14. The van der Waals surface area contributed by atoms with Crippen molar-refractivity contribution in [3.63, 3.8) is 0 Å². The van der Waals surface area contributed by atoms with Crippen molar-refractivity contribution < 1.29 is 23.0 Å². The Morgan fingerprint density at radius 2 is 1.89 bits per heavy atom. The molecular formula is C18H15N3O6S. The normalized spacial score (nSPS) is 16.6. The van der Waals surface area contributed by atoms with Gasteiger partial charge in [-0.15, -0.1) is 5.11 Å². The third-order valence-electron chi connectivity index (χ3n) is 4.14. The first-order chi connectivity index (χ1) is 13.2. The third kappa shape index (κ3) is 3.88. The summed E-state index contributed by atoms with van der Waals surface area (Å²) in [5.74, 6) is -0.433. The van der Waals surface area contributed by atoms with Gasteiger partial charge >= 0.3 is 0 Å². The van der Waals surface area contributed by atoms with Crippen LogP contribution in [0.25, 0.3) is 0 Å². The van der Waals surface area contributed by atoms with Crippen LogP contribution in [0.5, 0.6) is 0 Å². The molecule has 0 saturated carbocycles. The third-order valence-corrected chi connectivity index (χ3v) is 5.01. The van der Waals surface area contributed by atoms with Gasteiger partial charge in [-0.2, -0.15) is 5.11 Å². The molecule has 3 rings (SSSR count). The van der Waals surface area contributed by atoms with Gasteiger partial charge in [-0.3, -0.25) is 24.0 Å². The fourth-order valence-electron chi connectivity index (χ4n) is 2.73. The highest BCUT2D eigenvalue weighted by Crippen LogP contribution is 2.30. The largest absolute Gasteiger partial charge is 0.293 e. The lowest BCUT2D eigenvalue weighted by atomic mass is 9.92. The summed E-state index contributed by atoms with van der Waals surface area (Å²) in [4.78, 5) is 22.7. The number of rotatable bonds is 4. The average molecular weight is 401 g/mol. The van der Waals surface area contributed by atoms with Gasteiger partial charge in [-0.1, -0.05) is 19.1 Å². The quantitative estimate of drug-likeness (QED) is 0.342. The van der Waals surface area contributed by atoms with E-state index >= 15 is 0 Å². The van der Waals surface area contributed by atoms with E-state index in [1.54, 1.807) is 19.1 Å². The van der Waals surface area contributed by atoms with Gasteiger partial charge in [0.05, 0.1) is 15.5 Å². The molecule has 2 aliphatic rings. The number of carbonyl (C=O) groups is 1. The Labute approximate surface area is 160 Å². The number of carbonyl (C=O) groups excluding carboxylic acids is 1. The molecule has 9 nitrogen and oxygen atoms in total. The van der Waals surface area contributed by atoms with Crippen LogP contribution in [0, 0.1) is 10.1 Å². The van der Waals surface area contributed by atoms with Crippen LogP contribution in [0.3, 0.4) is 0 Å². The number of nitro benzene ring substituents is 1. The first-order valence-corrected chi connectivity index (χ1v) is 9.60. The zero-order chi connectivity index (χ0) is 20.5. The summed E-state index contributed by atoms with van der Waals surface area (Å²) in [6, 6.07) is 4.43. The van der Waals surface area contributed by atoms with E-state index in [2.05, 4.69) is 10.2 Å². The van der Waals surface area contributed by atoms with E-state index in [0.29, 0.717) is 23.1 Å². The minimum absolute atomic E-state index is 0.0198. The lowest BCUT2D eigenvalue weighted by molar-refractivity contribution is -0.385. The molecule has 10 heteroatoms. The molecule has 0 atom stereocenters. The van der Waals surface area contributed by atoms with Crippen LogP contribution in [0.1, 0.15) is 12.5 Å². The Hall–Kier alpha value is -3.21. The van der Waals surface area contributed by atoms with Crippen LogP contribution >= 0.6 is 0 Å². The Kier molecular flexibility index (Phi) is 5.18. The average Bonchev–Trinajstić information content (AvgIpc) is 2.65. The smallest absolute Gasteiger partial charge is 0.274 e. The van der Waals surface area contributed by atoms with Crippen molar-refractivity contribution >= 4 is 32.1 Å². The molecule has 0 spiro atoms. The fraction of sp³-hybridized carbons (Fsp3) is 0.111. The number of azo groups is 1. The number of hydrogen-bond donors (Lipinski definition) is 2. The number of nitro groups is 1. The van der Waals surface area contributed by atoms with E-state index in [0.717, 1.165) is 0 Å². The summed E-state index contributed by atoms with van der Waals surface area (Å²) in [6.45, 7) is 1.80. The molecule has 1 aromatic carbocycles. The van der Waals surface area contributed by atoms with Crippen LogP contribution in [0.4, 0.5) is 11.4 Å². The Morgan fingerprint density at radius 3 is 2.54 bits per heavy atom. The summed E-state index contributed by atoms with van der Waals surface area (Å²) in [7, 11) is -4.14. The highest BCUT2D eigenvalue weighted by atomic mass is 32.2. The standard InChI is InChI=1S/C18H15N3O6S/c1-2-11-3-5-13(10-16(11)21(23)24)19-20-18-15-7-6-14(28(25,26)27)9-12(15)4-8-17(18)22/h3-10H,2H2,1H3,(H2,25,26,27). The van der Waals surface area contributed by atoms with E-state index in [9.17, 15) is 28.2 Å². The van der Waals surface area contributed by atoms with Crippen molar-refractivity contribution in [3.05, 3.63) is 81.1 Å². The zero-order valence-electron chi connectivity index (χ0n) is 14.6. The first kappa shape index (κ1) is 19.5. The molecule has 0 aromatic heterocycles. The van der Waals surface area contributed by atoms with Crippen LogP contribution in [0.2, 0.25) is 0 Å². The van der Waals surface area contributed by atoms with E-state index < -0.39 is 20.8 Å². The van der Waals surface area contributed by atoms with E-state index in [-0.39, 0.29) is 21.9 Å². The second-order valence-corrected chi connectivity index (χ2v) is 7.38. The second-order valence-electron chi connectivity index (χ2n) is 5.92. The van der Waals surface area contributed by atoms with E-state index in [4.69, 9.17) is 0 Å². The van der Waals surface area contributed by atoms with Crippen LogP contribution in [0.15, 0.2) is 75.7 Å². The van der Waals surface area contributed by atoms with Crippen molar-refractivity contribution in [3.8, 4) is 0 Å². The van der Waals surface area contributed by atoms with Crippen LogP contribution in [-0.2, 0) is 21.3 Å². The monoisotopic (exact) mass is 401 g/mol. The van der Waals surface area contributed by atoms with Gasteiger partial charge in [0, 0.05) is 17.2 Å². The molecule has 2 aliphatic carbocycles. The molecule has 0 aliphatic heterocycles. The predicted molar refractivity (Wildman–Crippen MR) is 104 cm³/mol. The maximum absolute atomic E-state index is 12.2. The molecule has 0 radical (unpaired) electrons. The van der Waals surface area contributed by atoms with Crippen molar-refractivity contribution in [2.45, 2.75) is 13.3 Å². The molecule has 2 N–H and O–H groups in total. The molecule has 0 fully saturated rings. The lowest BCUT2D eigenvalue weighted by Gasteiger charge is -2.16. The van der Waals surface area contributed by atoms with Gasteiger partial charge in [0.15, 0.2) is 0 Å². The summed E-state index contributed by atoms with van der Waals surface area (Å²) in [5.41, 5.74) is 1.45. The molecule has 0 unspecified atom stereocenters. The summed E-state index contributed by atoms with van der Waals surface area (Å²) in [6.07, 6.45) is 7.02. The highest BCUT2D eigenvalue weighted by Gasteiger charge is 2.22. The molecule has 144 valence electrons. The van der Waals surface area contributed by atoms with Crippen molar-refractivity contribution in [2.24, 2.45) is 10.2 Å². The molecule has 0 amide bonds. The molecular weight excluding hydrogens is 386 g/mol. The fourth-order valence-corrected chi connectivity index (χ4v) is 3.26. The molecule has 0 heterocycles. The second kappa shape index (κ2) is 7.43. The summed E-state index contributed by atoms with van der Waals surface area (Å²) in [5, 5.41) is 19.1. The molecule has 0 saturated heterocycles. The Morgan fingerprint density at radius 1 is 1.14 bits per heavy atom. The number of fused-ring (bicyclic) bond motifs is 1. The van der Waals surface area contributed by atoms with Crippen LogP contribution < -0.4 is 0 Å². The van der Waals surface area contributed by atoms with Crippen LogP contribution in [-0.4, -0.2) is 28.9 Å². The number of allylic oxidation sites excluding steroid dienone is 7. The first-order valence-electron chi connectivity index (χ1n) is 8.12. The van der Waals surface area contributed by atoms with Gasteiger partial charge in [-0.25, -0.2) is 4.21 Å². The Balaban J connectivity index is 2.03. The Bertz CT molecular complexity index is 1160. The molecule has 0 bridgehead atoms. The number of benzene rings is 1. The van der Waals surface area contributed by atoms with Gasteiger partial charge in [0.1, 0.15) is 5.70 Å². The van der Waals surface area contributed by atoms with Gasteiger partial charge < -0.3 is 0 Å². The van der Waals surface area contributed by atoms with E-state index in [1.165, 1.54) is 36.4 Å². The zero-order valence-corrected chi connectivity index (χ0v) is 15.4. The maximum Gasteiger partial charge on any atom is 0.274 e. The maximum atomic E-state index is 12.2. The minimum atomic E-state index is -4.14. The SMILES string of the molecule is CCc1ccc(N=NC2=C3C=CC(=S(=O)(O)O)C=C3C=CC2=O)cc1[N+](=O)[O-]. The number of nitrogens with zero attached hydrogens (tertiary/aromatic N) is 3. The minimum Gasteiger partial charge on any atom is -0.293 e. The number of aryl methyl sites for hydroxylation is 1. The number of hydrogen-bond acceptors (Lipinski definition) is 6. The van der Waals surface area contributed by atoms with Gasteiger partial charge in [0.2, 0.25) is 15.9 Å². The molecule has 1 aromatic rings. The highest BCUT2D eigenvalue weighted by molar-refractivity contribution is 7.92. The predicted octanol–water partition coefficient (Wildman–Crippen LogP) is 3.53. The van der Waals surface area contributed by atoms with Crippen molar-refractivity contribution in [1.82, 2.24) is 0 Å². The van der Waals surface area contributed by atoms with Crippen molar-refractivity contribution in [1.29, 1.82) is 0 Å². The topological polar surface area (TPSA) is 142 Å². The molecule has 28 heavy (non-hydrogen) atoms. The van der Waals surface area contributed by atoms with Gasteiger partial charge in [-0.05, 0) is 42.4 Å². The van der Waals surface area contributed by atoms with Gasteiger partial charge in [0.25, 0.3) is 5.69 Å². The van der Waals surface area contributed by atoms with E-state index in [1.807, 2.05) is 0 Å². The van der Waals surface area contributed by atoms with Crippen molar-refractivity contribution in [2.75, 3.05) is 0 Å². The summed E-state index contributed by atoms with van der Waals surface area (Å²) >= 11 is 0.